The van der Waals surface area contributed by atoms with Crippen LogP contribution in [0.4, 0.5) is 0 Å². The number of carboxylic acid groups (broad SMARTS) is 1. The Labute approximate surface area is 226 Å². The van der Waals surface area contributed by atoms with Crippen LogP contribution in [0.25, 0.3) is 10.8 Å². The number of imidazole rings is 1. The molecule has 2 N–H and O–H groups in total. The highest BCUT2D eigenvalue weighted by atomic mass is 32.2. The van der Waals surface area contributed by atoms with E-state index in [1.165, 1.54) is 28.1 Å². The Morgan fingerprint density at radius 1 is 1.05 bits per heavy atom. The lowest BCUT2D eigenvalue weighted by molar-refractivity contribution is -0.125. The Hall–Kier alpha value is -3.62. The number of amides is 1. The molecule has 3 aromatic carbocycles. The molecular weight excluding hydrogens is 496 g/mol. The highest BCUT2D eigenvalue weighted by Crippen LogP contribution is 2.27. The van der Waals surface area contributed by atoms with Crippen molar-refractivity contribution >= 4 is 34.4 Å². The Bertz CT molecular complexity index is 1450. The van der Waals surface area contributed by atoms with Crippen molar-refractivity contribution < 1.29 is 14.7 Å². The number of aromatic carboxylic acids is 1. The molecule has 1 amide bonds. The van der Waals surface area contributed by atoms with Crippen molar-refractivity contribution in [2.45, 2.75) is 42.8 Å². The number of carbonyl (C=O) groups excluding carboxylic acids is 1. The van der Waals surface area contributed by atoms with Gasteiger partial charge in [0.2, 0.25) is 5.91 Å². The quantitative estimate of drug-likeness (QED) is 0.287. The summed E-state index contributed by atoms with van der Waals surface area (Å²) in [6.45, 7) is 2.14. The molecule has 4 aromatic rings. The molecular formula is C30H32N4O3S. The van der Waals surface area contributed by atoms with E-state index in [4.69, 9.17) is 4.98 Å². The van der Waals surface area contributed by atoms with Crippen molar-refractivity contribution in [2.75, 3.05) is 20.1 Å². The lowest BCUT2D eigenvalue weighted by atomic mass is 10.0. The van der Waals surface area contributed by atoms with Crippen LogP contribution in [0.2, 0.25) is 0 Å². The lowest BCUT2D eigenvalue weighted by Gasteiger charge is -2.18. The molecule has 0 bridgehead atoms. The summed E-state index contributed by atoms with van der Waals surface area (Å²) in [6.07, 6.45) is 4.64. The van der Waals surface area contributed by atoms with Crippen molar-refractivity contribution in [1.29, 1.82) is 0 Å². The maximum atomic E-state index is 12.6. The summed E-state index contributed by atoms with van der Waals surface area (Å²) in [6, 6.07) is 21.7. The number of nitrogens with zero attached hydrogens (tertiary/aromatic N) is 3. The van der Waals surface area contributed by atoms with Gasteiger partial charge in [0.05, 0.1) is 23.8 Å². The first-order valence-corrected chi connectivity index (χ1v) is 13.9. The molecule has 38 heavy (non-hydrogen) atoms. The molecule has 0 radical (unpaired) electrons. The highest BCUT2D eigenvalue weighted by Gasteiger charge is 2.27. The summed E-state index contributed by atoms with van der Waals surface area (Å²) in [7, 11) is 2.00. The first-order chi connectivity index (χ1) is 18.5. The Kier molecular flexibility index (Phi) is 8.10. The van der Waals surface area contributed by atoms with E-state index >= 15 is 0 Å². The van der Waals surface area contributed by atoms with Gasteiger partial charge in [-0.3, -0.25) is 9.69 Å². The van der Waals surface area contributed by atoms with Gasteiger partial charge in [0.25, 0.3) is 0 Å². The second-order valence-electron chi connectivity index (χ2n) is 9.71. The molecule has 1 aromatic heterocycles. The molecule has 196 valence electrons. The monoisotopic (exact) mass is 528 g/mol. The van der Waals surface area contributed by atoms with Gasteiger partial charge in [-0.05, 0) is 54.4 Å². The maximum Gasteiger partial charge on any atom is 0.335 e. The number of fused-ring (bicyclic) bond motifs is 1. The van der Waals surface area contributed by atoms with Crippen LogP contribution < -0.4 is 5.32 Å². The van der Waals surface area contributed by atoms with Crippen molar-refractivity contribution in [2.24, 2.45) is 0 Å². The predicted octanol–water partition coefficient (Wildman–Crippen LogP) is 4.83. The van der Waals surface area contributed by atoms with E-state index in [9.17, 15) is 14.7 Å². The fourth-order valence-corrected chi connectivity index (χ4v) is 6.09. The Morgan fingerprint density at radius 3 is 2.63 bits per heavy atom. The van der Waals surface area contributed by atoms with Gasteiger partial charge in [-0.2, -0.15) is 0 Å². The van der Waals surface area contributed by atoms with Crippen LogP contribution in [-0.2, 0) is 23.5 Å². The zero-order valence-electron chi connectivity index (χ0n) is 21.5. The Balaban J connectivity index is 1.35. The van der Waals surface area contributed by atoms with Gasteiger partial charge in [0.1, 0.15) is 0 Å². The van der Waals surface area contributed by atoms with Crippen LogP contribution in [0.5, 0.6) is 0 Å². The van der Waals surface area contributed by atoms with Crippen molar-refractivity contribution in [3.63, 3.8) is 0 Å². The average molecular weight is 529 g/mol. The number of carbonyl (C=O) groups is 2. The van der Waals surface area contributed by atoms with Crippen LogP contribution in [0.1, 0.15) is 40.0 Å². The standard InChI is InChI=1S/C30H32N4O3S/c1-33-17-7-14-27(33)28(35)31-16-15-24-19-34(18-22-11-6-10-21-8-2-4-12-25(21)22)30(32-24)38-20-23-9-3-5-13-26(23)29(36)37/h2-6,8-13,19,27H,7,14-18,20H2,1H3,(H,31,35)(H,36,37)/t27-/m0/s1. The van der Waals surface area contributed by atoms with E-state index in [1.807, 2.05) is 31.3 Å². The van der Waals surface area contributed by atoms with Crippen LogP contribution in [0.15, 0.2) is 78.1 Å². The molecule has 0 spiro atoms. The molecule has 7 nitrogen and oxygen atoms in total. The van der Waals surface area contributed by atoms with Crippen molar-refractivity contribution in [3.8, 4) is 0 Å². The molecule has 8 heteroatoms. The summed E-state index contributed by atoms with van der Waals surface area (Å²) < 4.78 is 2.14. The van der Waals surface area contributed by atoms with E-state index in [2.05, 4.69) is 51.3 Å². The third kappa shape index (κ3) is 5.92. The van der Waals surface area contributed by atoms with E-state index in [1.54, 1.807) is 12.1 Å². The average Bonchev–Trinajstić information content (AvgIpc) is 3.53. The first-order valence-electron chi connectivity index (χ1n) is 12.9. The zero-order valence-corrected chi connectivity index (χ0v) is 22.3. The second kappa shape index (κ2) is 11.8. The largest absolute Gasteiger partial charge is 0.478 e. The van der Waals surface area contributed by atoms with Gasteiger partial charge in [-0.15, -0.1) is 0 Å². The lowest BCUT2D eigenvalue weighted by Crippen LogP contribution is -2.42. The highest BCUT2D eigenvalue weighted by molar-refractivity contribution is 7.98. The van der Waals surface area contributed by atoms with Gasteiger partial charge in [0.15, 0.2) is 5.16 Å². The number of hydrogen-bond acceptors (Lipinski definition) is 5. The molecule has 2 heterocycles. The number of hydrogen-bond donors (Lipinski definition) is 2. The summed E-state index contributed by atoms with van der Waals surface area (Å²) in [4.78, 5) is 31.3. The molecule has 1 saturated heterocycles. The third-order valence-electron chi connectivity index (χ3n) is 7.12. The number of rotatable bonds is 10. The third-order valence-corrected chi connectivity index (χ3v) is 8.16. The number of carboxylic acids is 1. The first kappa shape index (κ1) is 26.0. The summed E-state index contributed by atoms with van der Waals surface area (Å²) in [5.74, 6) is -0.344. The number of nitrogens with one attached hydrogen (secondary N) is 1. The van der Waals surface area contributed by atoms with Crippen LogP contribution >= 0.6 is 11.8 Å². The molecule has 0 saturated carbocycles. The van der Waals surface area contributed by atoms with Crippen LogP contribution in [-0.4, -0.2) is 57.6 Å². The molecule has 0 unspecified atom stereocenters. The number of likely N-dealkylation sites (tertiary alicyclic amines) is 1. The number of thioether (sulfide) groups is 1. The molecule has 1 fully saturated rings. The Morgan fingerprint density at radius 2 is 1.82 bits per heavy atom. The SMILES string of the molecule is CN1CCC[C@H]1C(=O)NCCc1cn(Cc2cccc3ccccc23)c(SCc2ccccc2C(=O)O)n1. The van der Waals surface area contributed by atoms with E-state index < -0.39 is 5.97 Å². The molecule has 5 rings (SSSR count). The zero-order chi connectivity index (χ0) is 26.5. The predicted molar refractivity (Wildman–Crippen MR) is 151 cm³/mol. The van der Waals surface area contributed by atoms with E-state index in [0.29, 0.717) is 30.8 Å². The van der Waals surface area contributed by atoms with Gasteiger partial charge >= 0.3 is 5.97 Å². The molecule has 0 aliphatic carbocycles. The van der Waals surface area contributed by atoms with Gasteiger partial charge in [-0.25, -0.2) is 9.78 Å². The number of benzene rings is 3. The smallest absolute Gasteiger partial charge is 0.335 e. The summed E-state index contributed by atoms with van der Waals surface area (Å²) >= 11 is 1.53. The van der Waals surface area contributed by atoms with E-state index in [0.717, 1.165) is 35.8 Å². The van der Waals surface area contributed by atoms with Gasteiger partial charge < -0.3 is 15.0 Å². The van der Waals surface area contributed by atoms with Gasteiger partial charge in [-0.1, -0.05) is 72.4 Å². The van der Waals surface area contributed by atoms with Gasteiger partial charge in [0, 0.05) is 24.9 Å². The number of likely N-dealkylation sites (N-methyl/N-ethyl adjacent to an activating group) is 1. The van der Waals surface area contributed by atoms with Crippen LogP contribution in [0, 0.1) is 0 Å². The van der Waals surface area contributed by atoms with Crippen LogP contribution in [0.3, 0.4) is 0 Å². The van der Waals surface area contributed by atoms with Crippen molar-refractivity contribution in [3.05, 3.63) is 95.3 Å². The summed E-state index contributed by atoms with van der Waals surface area (Å²) in [5.41, 5.74) is 3.17. The minimum Gasteiger partial charge on any atom is -0.478 e. The fourth-order valence-electron chi connectivity index (χ4n) is 5.08. The molecule has 1 atom stereocenters. The normalized spacial score (nSPS) is 15.7. The fraction of sp³-hybridized carbons (Fsp3) is 0.300. The maximum absolute atomic E-state index is 12.6. The molecule has 1 aliphatic rings. The van der Waals surface area contributed by atoms with E-state index in [-0.39, 0.29) is 11.9 Å². The molecule has 1 aliphatic heterocycles. The topological polar surface area (TPSA) is 87.5 Å². The minimum absolute atomic E-state index is 0.0423. The minimum atomic E-state index is -0.926. The summed E-state index contributed by atoms with van der Waals surface area (Å²) in [5, 5.41) is 15.9. The second-order valence-corrected chi connectivity index (χ2v) is 10.7. The van der Waals surface area contributed by atoms with Crippen molar-refractivity contribution in [1.82, 2.24) is 19.8 Å². The number of aromatic nitrogens is 2.